The van der Waals surface area contributed by atoms with Gasteiger partial charge in [0.2, 0.25) is 0 Å². The fraction of sp³-hybridized carbons (Fsp3) is 0.524. The van der Waals surface area contributed by atoms with Crippen LogP contribution in [0.2, 0.25) is 0 Å². The standard InChI is InChI=1S/C21H29IO6S/c1-4-13(8-14-9-16(22)21(25)18(10-14)28-3)6-7-17(24)20-15(5-2)12-29(26,27)19(20)11-23/h8-10,17,19,23-25H,4-7,11-12H2,1-3H3/b13-8+/t17-,19+/m1/s1. The zero-order valence-corrected chi connectivity index (χ0v) is 20.0. The van der Waals surface area contributed by atoms with Gasteiger partial charge in [0.25, 0.3) is 0 Å². The Bertz CT molecular complexity index is 904. The fourth-order valence-electron chi connectivity index (χ4n) is 3.71. The van der Waals surface area contributed by atoms with Crippen LogP contribution in [0.4, 0.5) is 0 Å². The van der Waals surface area contributed by atoms with E-state index < -0.39 is 27.8 Å². The number of aliphatic hydroxyl groups excluding tert-OH is 2. The molecule has 162 valence electrons. The van der Waals surface area contributed by atoms with E-state index >= 15 is 0 Å². The lowest BCUT2D eigenvalue weighted by Crippen LogP contribution is -2.29. The third kappa shape index (κ3) is 5.53. The number of phenols is 1. The molecule has 2 rings (SSSR count). The van der Waals surface area contributed by atoms with E-state index in [1.807, 2.05) is 48.6 Å². The second-order valence-electron chi connectivity index (χ2n) is 7.16. The van der Waals surface area contributed by atoms with Gasteiger partial charge in [-0.3, -0.25) is 0 Å². The predicted octanol–water partition coefficient (Wildman–Crippen LogP) is 3.44. The predicted molar refractivity (Wildman–Crippen MR) is 123 cm³/mol. The highest BCUT2D eigenvalue weighted by Crippen LogP contribution is 2.35. The van der Waals surface area contributed by atoms with Gasteiger partial charge in [-0.1, -0.05) is 31.1 Å². The van der Waals surface area contributed by atoms with Gasteiger partial charge in [0, 0.05) is 0 Å². The average Bonchev–Trinajstić information content (AvgIpc) is 2.96. The van der Waals surface area contributed by atoms with Crippen molar-refractivity contribution in [2.45, 2.75) is 50.9 Å². The number of rotatable bonds is 9. The normalized spacial score (nSPS) is 20.2. The zero-order chi connectivity index (χ0) is 21.8. The van der Waals surface area contributed by atoms with Gasteiger partial charge in [-0.05, 0) is 71.5 Å². The Morgan fingerprint density at radius 1 is 1.38 bits per heavy atom. The summed E-state index contributed by atoms with van der Waals surface area (Å²) in [5, 5.41) is 29.3. The number of phenolic OH excluding ortho intramolecular Hbond substituents is 1. The molecule has 0 aliphatic carbocycles. The van der Waals surface area contributed by atoms with E-state index in [4.69, 9.17) is 4.74 Å². The molecule has 0 bridgehead atoms. The summed E-state index contributed by atoms with van der Waals surface area (Å²) in [6.45, 7) is 3.39. The first-order chi connectivity index (χ1) is 13.7. The Balaban J connectivity index is 2.20. The van der Waals surface area contributed by atoms with Crippen LogP contribution in [0.25, 0.3) is 6.08 Å². The molecular weight excluding hydrogens is 507 g/mol. The summed E-state index contributed by atoms with van der Waals surface area (Å²) in [4.78, 5) is 0. The maximum Gasteiger partial charge on any atom is 0.171 e. The number of aliphatic hydroxyl groups is 2. The van der Waals surface area contributed by atoms with Crippen LogP contribution in [0.5, 0.6) is 11.5 Å². The van der Waals surface area contributed by atoms with Gasteiger partial charge >= 0.3 is 0 Å². The number of sulfone groups is 1. The number of halogens is 1. The van der Waals surface area contributed by atoms with Gasteiger partial charge in [0.05, 0.1) is 29.1 Å². The van der Waals surface area contributed by atoms with Gasteiger partial charge in [-0.2, -0.15) is 0 Å². The molecule has 0 radical (unpaired) electrons. The first kappa shape index (κ1) is 24.2. The number of allylic oxidation sites excluding steroid dienone is 1. The van der Waals surface area contributed by atoms with E-state index in [1.165, 1.54) is 7.11 Å². The molecular formula is C21H29IO6S. The minimum absolute atomic E-state index is 0.0800. The van der Waals surface area contributed by atoms with Crippen molar-refractivity contribution in [3.05, 3.63) is 38.0 Å². The molecule has 0 saturated heterocycles. The van der Waals surface area contributed by atoms with Crippen LogP contribution >= 0.6 is 22.6 Å². The van der Waals surface area contributed by atoms with Crippen molar-refractivity contribution in [3.8, 4) is 11.5 Å². The summed E-state index contributed by atoms with van der Waals surface area (Å²) < 4.78 is 30.4. The van der Waals surface area contributed by atoms with Gasteiger partial charge in [0.1, 0.15) is 5.25 Å². The number of hydrogen-bond acceptors (Lipinski definition) is 6. The lowest BCUT2D eigenvalue weighted by atomic mass is 9.93. The third-order valence-corrected chi connectivity index (χ3v) is 8.19. The molecule has 1 aliphatic heterocycles. The summed E-state index contributed by atoms with van der Waals surface area (Å²) >= 11 is 2.05. The second kappa shape index (κ2) is 10.3. The smallest absolute Gasteiger partial charge is 0.171 e. The molecule has 1 aromatic rings. The van der Waals surface area contributed by atoms with E-state index in [0.29, 0.717) is 34.2 Å². The first-order valence-corrected chi connectivity index (χ1v) is 12.5. The number of methoxy groups -OCH3 is 1. The second-order valence-corrected chi connectivity index (χ2v) is 10.5. The topological polar surface area (TPSA) is 104 Å². The summed E-state index contributed by atoms with van der Waals surface area (Å²) in [6, 6.07) is 3.61. The molecule has 29 heavy (non-hydrogen) atoms. The molecule has 1 aliphatic rings. The van der Waals surface area contributed by atoms with Gasteiger partial charge in [0.15, 0.2) is 21.3 Å². The van der Waals surface area contributed by atoms with E-state index in [2.05, 4.69) is 0 Å². The summed E-state index contributed by atoms with van der Waals surface area (Å²) in [5.41, 5.74) is 3.18. The van der Waals surface area contributed by atoms with E-state index in [9.17, 15) is 23.7 Å². The summed E-state index contributed by atoms with van der Waals surface area (Å²) in [7, 11) is -1.94. The van der Waals surface area contributed by atoms with Crippen molar-refractivity contribution >= 4 is 38.5 Å². The van der Waals surface area contributed by atoms with Crippen molar-refractivity contribution in [3.63, 3.8) is 0 Å². The third-order valence-electron chi connectivity index (χ3n) is 5.35. The van der Waals surface area contributed by atoms with Crippen LogP contribution in [-0.2, 0) is 9.84 Å². The van der Waals surface area contributed by atoms with Crippen LogP contribution in [0.15, 0.2) is 28.9 Å². The number of hydrogen-bond donors (Lipinski definition) is 3. The molecule has 0 amide bonds. The van der Waals surface area contributed by atoms with Crippen molar-refractivity contribution in [1.82, 2.24) is 0 Å². The van der Waals surface area contributed by atoms with Crippen LogP contribution < -0.4 is 4.74 Å². The molecule has 3 N–H and O–H groups in total. The lowest BCUT2D eigenvalue weighted by Gasteiger charge is -2.19. The maximum atomic E-state index is 12.3. The fourth-order valence-corrected chi connectivity index (χ4v) is 6.33. The number of aromatic hydroxyl groups is 1. The highest BCUT2D eigenvalue weighted by atomic mass is 127. The molecule has 0 aromatic heterocycles. The maximum absolute atomic E-state index is 12.3. The molecule has 0 saturated carbocycles. The number of ether oxygens (including phenoxy) is 1. The van der Waals surface area contributed by atoms with Crippen LogP contribution in [-0.4, -0.2) is 54.6 Å². The zero-order valence-electron chi connectivity index (χ0n) is 17.0. The Morgan fingerprint density at radius 3 is 2.62 bits per heavy atom. The molecule has 1 aromatic carbocycles. The van der Waals surface area contributed by atoms with Crippen molar-refractivity contribution < 1.29 is 28.5 Å². The van der Waals surface area contributed by atoms with E-state index in [-0.39, 0.29) is 11.5 Å². The Morgan fingerprint density at radius 2 is 2.07 bits per heavy atom. The van der Waals surface area contributed by atoms with Crippen molar-refractivity contribution in [2.24, 2.45) is 0 Å². The Hall–Kier alpha value is -1.10. The molecule has 0 unspecified atom stereocenters. The SMILES string of the molecule is CCC1=C([C@H](O)CC/C(=C/c2cc(I)c(O)c(OC)c2)CC)[C@H](CO)S(=O)(=O)C1. The lowest BCUT2D eigenvalue weighted by molar-refractivity contribution is 0.188. The molecule has 0 fully saturated rings. The summed E-state index contributed by atoms with van der Waals surface area (Å²) in [6.07, 6.45) is 3.40. The molecule has 8 heteroatoms. The highest BCUT2D eigenvalue weighted by molar-refractivity contribution is 14.1. The molecule has 2 atom stereocenters. The minimum atomic E-state index is -3.44. The van der Waals surface area contributed by atoms with Crippen molar-refractivity contribution in [2.75, 3.05) is 19.5 Å². The molecule has 0 spiro atoms. The van der Waals surface area contributed by atoms with E-state index in [1.54, 1.807) is 6.07 Å². The van der Waals surface area contributed by atoms with Crippen LogP contribution in [0.3, 0.4) is 0 Å². The van der Waals surface area contributed by atoms with Crippen LogP contribution in [0.1, 0.15) is 45.1 Å². The van der Waals surface area contributed by atoms with Gasteiger partial charge < -0.3 is 20.1 Å². The van der Waals surface area contributed by atoms with Gasteiger partial charge in [-0.15, -0.1) is 0 Å². The monoisotopic (exact) mass is 536 g/mol. The van der Waals surface area contributed by atoms with Crippen molar-refractivity contribution in [1.29, 1.82) is 0 Å². The number of benzene rings is 1. The van der Waals surface area contributed by atoms with Gasteiger partial charge in [-0.25, -0.2) is 8.42 Å². The Labute approximate surface area is 186 Å². The molecule has 1 heterocycles. The minimum Gasteiger partial charge on any atom is -0.504 e. The van der Waals surface area contributed by atoms with E-state index in [0.717, 1.165) is 23.1 Å². The average molecular weight is 536 g/mol. The highest BCUT2D eigenvalue weighted by Gasteiger charge is 2.40. The quantitative estimate of drug-likeness (QED) is 0.330. The summed E-state index contributed by atoms with van der Waals surface area (Å²) in [5.74, 6) is 0.428. The Kier molecular flexibility index (Phi) is 8.57. The van der Waals surface area contributed by atoms with Crippen LogP contribution in [0, 0.1) is 3.57 Å². The first-order valence-electron chi connectivity index (χ1n) is 9.66. The molecule has 6 nitrogen and oxygen atoms in total. The largest absolute Gasteiger partial charge is 0.504 e.